The third kappa shape index (κ3) is 4.86. The van der Waals surface area contributed by atoms with Gasteiger partial charge in [0.2, 0.25) is 0 Å². The number of nitro benzene ring substituents is 2. The van der Waals surface area contributed by atoms with Crippen LogP contribution in [0.4, 0.5) is 17.1 Å². The number of aromatic hydroxyl groups is 1. The highest BCUT2D eigenvalue weighted by molar-refractivity contribution is 6.12. The Kier molecular flexibility index (Phi) is 6.79. The summed E-state index contributed by atoms with van der Waals surface area (Å²) in [5, 5.41) is 35.6. The van der Waals surface area contributed by atoms with Gasteiger partial charge >= 0.3 is 0 Å². The monoisotopic (exact) mass is 514 g/mol. The van der Waals surface area contributed by atoms with E-state index in [1.165, 1.54) is 48.5 Å². The summed E-state index contributed by atoms with van der Waals surface area (Å²) in [5.74, 6) is -2.20. The number of nitro groups is 2. The highest BCUT2D eigenvalue weighted by atomic mass is 16.6. The molecule has 0 fully saturated rings. The minimum atomic E-state index is -1.08. The zero-order valence-electron chi connectivity index (χ0n) is 19.7. The van der Waals surface area contributed by atoms with Crippen LogP contribution in [0.2, 0.25) is 0 Å². The molecular formula is C26H18N4O8. The third-order valence-corrected chi connectivity index (χ3v) is 5.61. The number of benzene rings is 3. The first-order chi connectivity index (χ1) is 18.1. The van der Waals surface area contributed by atoms with Crippen molar-refractivity contribution in [2.75, 3.05) is 5.32 Å². The predicted molar refractivity (Wildman–Crippen MR) is 136 cm³/mol. The Morgan fingerprint density at radius 2 is 1.50 bits per heavy atom. The van der Waals surface area contributed by atoms with Crippen LogP contribution in [0.25, 0.3) is 5.69 Å². The molecule has 12 heteroatoms. The normalized spacial score (nSPS) is 10.6. The summed E-state index contributed by atoms with van der Waals surface area (Å²) in [7, 11) is 0. The highest BCUT2D eigenvalue weighted by Gasteiger charge is 2.25. The Balaban J connectivity index is 1.93. The molecule has 1 amide bonds. The molecule has 190 valence electrons. The van der Waals surface area contributed by atoms with Gasteiger partial charge in [-0.25, -0.2) is 0 Å². The Labute approximate surface area is 213 Å². The minimum absolute atomic E-state index is 0.122. The van der Waals surface area contributed by atoms with Crippen LogP contribution >= 0.6 is 0 Å². The molecule has 0 aliphatic rings. The summed E-state index contributed by atoms with van der Waals surface area (Å²) in [6, 6.07) is 15.7. The van der Waals surface area contributed by atoms with Crippen molar-refractivity contribution in [1.82, 2.24) is 4.57 Å². The molecule has 0 unspecified atom stereocenters. The Hall–Kier alpha value is -5.65. The molecule has 4 aromatic rings. The van der Waals surface area contributed by atoms with Gasteiger partial charge in [-0.2, -0.15) is 0 Å². The topological polar surface area (TPSA) is 175 Å². The molecule has 4 rings (SSSR count). The number of hydrogen-bond acceptors (Lipinski definition) is 8. The Bertz CT molecular complexity index is 1690. The maximum atomic E-state index is 13.4. The Morgan fingerprint density at radius 3 is 2.18 bits per heavy atom. The van der Waals surface area contributed by atoms with E-state index < -0.39 is 44.0 Å². The van der Waals surface area contributed by atoms with E-state index in [1.54, 1.807) is 13.0 Å². The van der Waals surface area contributed by atoms with Crippen LogP contribution in [0, 0.1) is 27.2 Å². The fraction of sp³-hybridized carbons (Fsp3) is 0.0385. The predicted octanol–water partition coefficient (Wildman–Crippen LogP) is 4.15. The second-order valence-electron chi connectivity index (χ2n) is 8.14. The molecule has 0 bridgehead atoms. The van der Waals surface area contributed by atoms with Crippen molar-refractivity contribution in [2.24, 2.45) is 0 Å². The molecule has 1 aromatic heterocycles. The van der Waals surface area contributed by atoms with Crippen molar-refractivity contribution in [3.05, 3.63) is 132 Å². The van der Waals surface area contributed by atoms with E-state index in [0.717, 1.165) is 29.0 Å². The van der Waals surface area contributed by atoms with E-state index in [0.29, 0.717) is 5.56 Å². The molecule has 0 aliphatic carbocycles. The maximum Gasteiger partial charge on any atom is 0.293 e. The van der Waals surface area contributed by atoms with Crippen molar-refractivity contribution in [3.63, 3.8) is 0 Å². The molecule has 0 radical (unpaired) electrons. The SMILES string of the molecule is Cc1ccc(O)c(C(=O)c2cc(C(=O)Nc3ccccc3[N+](=O)[O-])c(=O)n(-c3ccccc3[N+](=O)[O-])c2)c1. The largest absolute Gasteiger partial charge is 0.507 e. The van der Waals surface area contributed by atoms with Crippen LogP contribution in [-0.4, -0.2) is 31.2 Å². The summed E-state index contributed by atoms with van der Waals surface area (Å²) >= 11 is 0. The van der Waals surface area contributed by atoms with E-state index in [1.807, 2.05) is 0 Å². The van der Waals surface area contributed by atoms with Gasteiger partial charge in [0.05, 0.1) is 15.4 Å². The fourth-order valence-corrected chi connectivity index (χ4v) is 3.79. The number of aryl methyl sites for hydroxylation is 1. The van der Waals surface area contributed by atoms with E-state index in [2.05, 4.69) is 5.32 Å². The lowest BCUT2D eigenvalue weighted by atomic mass is 10.00. The average molecular weight is 514 g/mol. The summed E-state index contributed by atoms with van der Waals surface area (Å²) in [5.41, 5.74) is -2.66. The van der Waals surface area contributed by atoms with E-state index in [-0.39, 0.29) is 28.3 Å². The van der Waals surface area contributed by atoms with Gasteiger partial charge in [0.25, 0.3) is 22.8 Å². The number of phenolic OH excluding ortho intramolecular Hbond substituents is 1. The zero-order valence-corrected chi connectivity index (χ0v) is 19.7. The lowest BCUT2D eigenvalue weighted by molar-refractivity contribution is -0.384. The molecule has 0 spiro atoms. The van der Waals surface area contributed by atoms with Crippen LogP contribution < -0.4 is 10.9 Å². The standard InChI is InChI=1S/C26H18N4O8/c1-15-10-11-23(31)17(12-15)24(32)16-13-18(25(33)27-19-6-2-3-7-20(19)29(35)36)26(34)28(14-16)21-8-4-5-9-22(21)30(37)38/h2-14,31H,1H3,(H,27,33). The summed E-state index contributed by atoms with van der Waals surface area (Å²) in [6.07, 6.45) is 1.04. The van der Waals surface area contributed by atoms with Gasteiger partial charge in [0, 0.05) is 23.9 Å². The van der Waals surface area contributed by atoms with Crippen molar-refractivity contribution < 1.29 is 24.5 Å². The lowest BCUT2D eigenvalue weighted by Gasteiger charge is -2.13. The minimum Gasteiger partial charge on any atom is -0.507 e. The van der Waals surface area contributed by atoms with Crippen molar-refractivity contribution in [2.45, 2.75) is 6.92 Å². The average Bonchev–Trinajstić information content (AvgIpc) is 2.90. The number of carbonyl (C=O) groups excluding carboxylic acids is 2. The number of ketones is 1. The highest BCUT2D eigenvalue weighted by Crippen LogP contribution is 2.26. The van der Waals surface area contributed by atoms with E-state index in [9.17, 15) is 39.7 Å². The van der Waals surface area contributed by atoms with Crippen molar-refractivity contribution >= 4 is 28.8 Å². The van der Waals surface area contributed by atoms with Gasteiger partial charge in [0.15, 0.2) is 5.78 Å². The molecule has 0 saturated carbocycles. The molecule has 2 N–H and O–H groups in total. The van der Waals surface area contributed by atoms with Crippen LogP contribution in [0.15, 0.2) is 83.8 Å². The fourth-order valence-electron chi connectivity index (χ4n) is 3.79. The van der Waals surface area contributed by atoms with Gasteiger partial charge in [-0.1, -0.05) is 35.9 Å². The first-order valence-electron chi connectivity index (χ1n) is 11.0. The number of aromatic nitrogens is 1. The number of pyridine rings is 1. The maximum absolute atomic E-state index is 13.4. The lowest BCUT2D eigenvalue weighted by Crippen LogP contribution is -2.30. The first kappa shape index (κ1) is 25.4. The third-order valence-electron chi connectivity index (χ3n) is 5.61. The zero-order chi connectivity index (χ0) is 27.6. The first-order valence-corrected chi connectivity index (χ1v) is 11.0. The quantitative estimate of drug-likeness (QED) is 0.210. The molecule has 0 atom stereocenters. The van der Waals surface area contributed by atoms with Gasteiger partial charge in [0.1, 0.15) is 22.7 Å². The van der Waals surface area contributed by atoms with E-state index in [4.69, 9.17) is 0 Å². The van der Waals surface area contributed by atoms with Gasteiger partial charge in [-0.05, 0) is 37.3 Å². The van der Waals surface area contributed by atoms with Crippen molar-refractivity contribution in [1.29, 1.82) is 0 Å². The molecule has 0 saturated heterocycles. The number of nitrogens with zero attached hydrogens (tertiary/aromatic N) is 3. The molecule has 3 aromatic carbocycles. The summed E-state index contributed by atoms with van der Waals surface area (Å²) < 4.78 is 0.784. The smallest absolute Gasteiger partial charge is 0.293 e. The Morgan fingerprint density at radius 1 is 0.868 bits per heavy atom. The van der Waals surface area contributed by atoms with Gasteiger partial charge in [-0.15, -0.1) is 0 Å². The van der Waals surface area contributed by atoms with Crippen LogP contribution in [0.5, 0.6) is 5.75 Å². The summed E-state index contributed by atoms with van der Waals surface area (Å²) in [6.45, 7) is 1.69. The number of carbonyl (C=O) groups is 2. The van der Waals surface area contributed by atoms with Crippen LogP contribution in [-0.2, 0) is 0 Å². The molecule has 1 heterocycles. The molecule has 12 nitrogen and oxygen atoms in total. The number of amides is 1. The van der Waals surface area contributed by atoms with Crippen LogP contribution in [0.3, 0.4) is 0 Å². The van der Waals surface area contributed by atoms with E-state index >= 15 is 0 Å². The number of rotatable bonds is 7. The number of para-hydroxylation sites is 4. The number of nitrogens with one attached hydrogen (secondary N) is 1. The second kappa shape index (κ2) is 10.1. The van der Waals surface area contributed by atoms with Crippen molar-refractivity contribution in [3.8, 4) is 11.4 Å². The van der Waals surface area contributed by atoms with Gasteiger partial charge < -0.3 is 10.4 Å². The molecule has 38 heavy (non-hydrogen) atoms. The van der Waals surface area contributed by atoms with Gasteiger partial charge in [-0.3, -0.25) is 39.2 Å². The molecule has 0 aliphatic heterocycles. The second-order valence-corrected chi connectivity index (χ2v) is 8.14. The summed E-state index contributed by atoms with van der Waals surface area (Å²) in [4.78, 5) is 61.5. The number of hydrogen-bond donors (Lipinski definition) is 2. The number of phenols is 1. The number of anilines is 1. The molecular weight excluding hydrogens is 496 g/mol. The van der Waals surface area contributed by atoms with Crippen LogP contribution in [0.1, 0.15) is 31.8 Å².